The lowest BCUT2D eigenvalue weighted by molar-refractivity contribution is 0.717. The third-order valence-electron chi connectivity index (χ3n) is 3.48. The first-order valence-corrected chi connectivity index (χ1v) is 6.84. The molecule has 0 atom stereocenters. The molecule has 0 spiro atoms. The van der Waals surface area contributed by atoms with Gasteiger partial charge in [0.05, 0.1) is 29.8 Å². The summed E-state index contributed by atoms with van der Waals surface area (Å²) in [7, 11) is 3.94. The van der Waals surface area contributed by atoms with Gasteiger partial charge in [-0.3, -0.25) is 4.68 Å². The van der Waals surface area contributed by atoms with Gasteiger partial charge in [-0.15, -0.1) is 0 Å². The normalized spacial score (nSPS) is 11.3. The molecule has 3 aromatic rings. The summed E-state index contributed by atoms with van der Waals surface area (Å²) < 4.78 is 4.03. The number of benzene rings is 1. The first-order valence-electron chi connectivity index (χ1n) is 6.84. The molecule has 5 nitrogen and oxygen atoms in total. The van der Waals surface area contributed by atoms with Crippen LogP contribution in [0.1, 0.15) is 11.4 Å². The van der Waals surface area contributed by atoms with Gasteiger partial charge in [0.1, 0.15) is 0 Å². The van der Waals surface area contributed by atoms with Gasteiger partial charge in [-0.1, -0.05) is 18.2 Å². The van der Waals surface area contributed by atoms with Crippen LogP contribution < -0.4 is 5.32 Å². The molecule has 0 radical (unpaired) electrons. The van der Waals surface area contributed by atoms with Gasteiger partial charge >= 0.3 is 0 Å². The molecule has 0 fully saturated rings. The molecule has 3 rings (SSSR count). The van der Waals surface area contributed by atoms with E-state index in [1.54, 1.807) is 0 Å². The minimum atomic E-state index is 0.758. The molecule has 0 saturated heterocycles. The Hall–Kier alpha value is -2.14. The van der Waals surface area contributed by atoms with E-state index >= 15 is 0 Å². The topological polar surface area (TPSA) is 47.7 Å². The zero-order chi connectivity index (χ0) is 13.9. The molecule has 0 amide bonds. The fraction of sp³-hybridized carbons (Fsp3) is 0.333. The first kappa shape index (κ1) is 12.9. The Labute approximate surface area is 118 Å². The lowest BCUT2D eigenvalue weighted by Gasteiger charge is -1.99. The molecule has 1 N–H and O–H groups in total. The number of likely N-dealkylation sites (N-methyl/N-ethyl adjacent to an activating group) is 1. The third kappa shape index (κ3) is 2.44. The number of para-hydroxylation sites is 1. The average molecular weight is 269 g/mol. The summed E-state index contributed by atoms with van der Waals surface area (Å²) in [5.41, 5.74) is 3.36. The Kier molecular flexibility index (Phi) is 3.52. The minimum Gasteiger partial charge on any atom is -0.331 e. The maximum Gasteiger partial charge on any atom is 0.0953 e. The number of aryl methyl sites for hydroxylation is 1. The maximum absolute atomic E-state index is 4.61. The van der Waals surface area contributed by atoms with Crippen LogP contribution in [0.3, 0.4) is 0 Å². The lowest BCUT2D eigenvalue weighted by Crippen LogP contribution is -2.10. The van der Waals surface area contributed by atoms with E-state index < -0.39 is 0 Å². The Morgan fingerprint density at radius 2 is 2.10 bits per heavy atom. The van der Waals surface area contributed by atoms with Crippen LogP contribution in [0.4, 0.5) is 0 Å². The highest BCUT2D eigenvalue weighted by Crippen LogP contribution is 2.18. The molecule has 104 valence electrons. The maximum atomic E-state index is 4.61. The van der Waals surface area contributed by atoms with E-state index in [4.69, 9.17) is 0 Å². The van der Waals surface area contributed by atoms with Gasteiger partial charge in [-0.05, 0) is 13.1 Å². The van der Waals surface area contributed by atoms with E-state index in [1.165, 1.54) is 5.39 Å². The van der Waals surface area contributed by atoms with Crippen molar-refractivity contribution < 1.29 is 0 Å². The number of aromatic nitrogens is 4. The van der Waals surface area contributed by atoms with Crippen molar-refractivity contribution in [3.05, 3.63) is 48.2 Å². The lowest BCUT2D eigenvalue weighted by atomic mass is 10.2. The van der Waals surface area contributed by atoms with Crippen LogP contribution in [0, 0.1) is 0 Å². The number of nitrogens with one attached hydrogen (secondary N) is 1. The number of imidazole rings is 1. The summed E-state index contributed by atoms with van der Waals surface area (Å²) >= 11 is 0. The summed E-state index contributed by atoms with van der Waals surface area (Å²) in [6.07, 6.45) is 4.93. The number of hydrogen-bond acceptors (Lipinski definition) is 3. The van der Waals surface area contributed by atoms with E-state index in [0.717, 1.165) is 36.4 Å². The molecule has 0 bridgehead atoms. The molecule has 0 aliphatic rings. The van der Waals surface area contributed by atoms with E-state index in [9.17, 15) is 0 Å². The molecule has 2 heterocycles. The highest BCUT2D eigenvalue weighted by molar-refractivity contribution is 5.81. The SMILES string of the molecule is CNCCc1cn(Cc2nn(C)c3ccccc23)cn1. The molecule has 0 aliphatic carbocycles. The Balaban J connectivity index is 1.84. The fourth-order valence-corrected chi connectivity index (χ4v) is 2.45. The van der Waals surface area contributed by atoms with Gasteiger partial charge in [-0.2, -0.15) is 5.10 Å². The van der Waals surface area contributed by atoms with Crippen LogP contribution in [0.15, 0.2) is 36.8 Å². The standard InChI is InChI=1S/C15H19N5/c1-16-8-7-12-9-20(11-17-12)10-14-13-5-3-4-6-15(13)19(2)18-14/h3-6,9,11,16H,7-8,10H2,1-2H3. The molecule has 2 aromatic heterocycles. The molecule has 0 unspecified atom stereocenters. The number of rotatable bonds is 5. The van der Waals surface area contributed by atoms with Crippen molar-refractivity contribution in [3.63, 3.8) is 0 Å². The van der Waals surface area contributed by atoms with Gasteiger partial charge in [0.2, 0.25) is 0 Å². The van der Waals surface area contributed by atoms with Crippen LogP contribution in [0.5, 0.6) is 0 Å². The van der Waals surface area contributed by atoms with Gasteiger partial charge in [0.15, 0.2) is 0 Å². The van der Waals surface area contributed by atoms with Crippen LogP contribution in [0.25, 0.3) is 10.9 Å². The summed E-state index contributed by atoms with van der Waals surface area (Å²) in [5, 5.41) is 8.96. The van der Waals surface area contributed by atoms with Gasteiger partial charge in [0, 0.05) is 31.6 Å². The molecule has 1 aromatic carbocycles. The van der Waals surface area contributed by atoms with Gasteiger partial charge in [-0.25, -0.2) is 4.98 Å². The van der Waals surface area contributed by atoms with Crippen LogP contribution in [-0.4, -0.2) is 32.9 Å². The molecule has 5 heteroatoms. The van der Waals surface area contributed by atoms with Crippen LogP contribution in [0.2, 0.25) is 0 Å². The highest BCUT2D eigenvalue weighted by atomic mass is 15.3. The van der Waals surface area contributed by atoms with Crippen molar-refractivity contribution in [1.29, 1.82) is 0 Å². The summed E-state index contributed by atoms with van der Waals surface area (Å²) in [6, 6.07) is 8.31. The number of fused-ring (bicyclic) bond motifs is 1. The van der Waals surface area contributed by atoms with Gasteiger partial charge in [0.25, 0.3) is 0 Å². The fourth-order valence-electron chi connectivity index (χ4n) is 2.45. The third-order valence-corrected chi connectivity index (χ3v) is 3.48. The van der Waals surface area contributed by atoms with Crippen molar-refractivity contribution in [2.24, 2.45) is 7.05 Å². The molecule has 0 aliphatic heterocycles. The zero-order valence-electron chi connectivity index (χ0n) is 11.9. The second-order valence-electron chi connectivity index (χ2n) is 4.98. The van der Waals surface area contributed by atoms with Gasteiger partial charge < -0.3 is 9.88 Å². The largest absolute Gasteiger partial charge is 0.331 e. The molecular weight excluding hydrogens is 250 g/mol. The second kappa shape index (κ2) is 5.46. The van der Waals surface area contributed by atoms with E-state index in [-0.39, 0.29) is 0 Å². The molecule has 0 saturated carbocycles. The second-order valence-corrected chi connectivity index (χ2v) is 4.98. The summed E-state index contributed by atoms with van der Waals surface area (Å²) in [4.78, 5) is 4.43. The smallest absolute Gasteiger partial charge is 0.0953 e. The van der Waals surface area contributed by atoms with Crippen molar-refractivity contribution in [2.45, 2.75) is 13.0 Å². The zero-order valence-corrected chi connectivity index (χ0v) is 11.9. The van der Waals surface area contributed by atoms with Crippen molar-refractivity contribution in [2.75, 3.05) is 13.6 Å². The predicted octanol–water partition coefficient (Wildman–Crippen LogP) is 1.58. The minimum absolute atomic E-state index is 0.758. The quantitative estimate of drug-likeness (QED) is 0.765. The Bertz CT molecular complexity index is 710. The van der Waals surface area contributed by atoms with Crippen molar-refractivity contribution >= 4 is 10.9 Å². The summed E-state index contributed by atoms with van der Waals surface area (Å²) in [6.45, 7) is 1.71. The van der Waals surface area contributed by atoms with E-state index in [2.05, 4.69) is 44.4 Å². The first-order chi connectivity index (χ1) is 9.78. The van der Waals surface area contributed by atoms with E-state index in [0.29, 0.717) is 0 Å². The number of hydrogen-bond donors (Lipinski definition) is 1. The summed E-state index contributed by atoms with van der Waals surface area (Å²) in [5.74, 6) is 0. The monoisotopic (exact) mass is 269 g/mol. The Morgan fingerprint density at radius 1 is 1.25 bits per heavy atom. The van der Waals surface area contributed by atoms with E-state index in [1.807, 2.05) is 31.2 Å². The predicted molar refractivity (Wildman–Crippen MR) is 79.7 cm³/mol. The number of nitrogens with zero attached hydrogens (tertiary/aromatic N) is 4. The molecular formula is C15H19N5. The highest BCUT2D eigenvalue weighted by Gasteiger charge is 2.08. The molecule has 20 heavy (non-hydrogen) atoms. The average Bonchev–Trinajstić information content (AvgIpc) is 3.03. The van der Waals surface area contributed by atoms with Crippen molar-refractivity contribution in [3.8, 4) is 0 Å². The van der Waals surface area contributed by atoms with Crippen LogP contribution >= 0.6 is 0 Å². The Morgan fingerprint density at radius 3 is 2.95 bits per heavy atom. The van der Waals surface area contributed by atoms with Crippen LogP contribution in [-0.2, 0) is 20.0 Å². The van der Waals surface area contributed by atoms with Crippen molar-refractivity contribution in [1.82, 2.24) is 24.6 Å².